The van der Waals surface area contributed by atoms with Gasteiger partial charge in [-0.05, 0) is 0 Å². The Morgan fingerprint density at radius 3 is 1.43 bits per heavy atom. The standard InChI is InChI=1S/C3HF3.Li/c1-2-3(4,5)6;/h1H;. The fourth-order valence-electron chi connectivity index (χ4n) is 0. The molecule has 0 N–H and O–H groups in total. The first-order valence-corrected chi connectivity index (χ1v) is 1.11. The smallest absolute Gasteiger partial charge is 0.159 e. The van der Waals surface area contributed by atoms with Gasteiger partial charge in [-0.2, -0.15) is 13.2 Å². The molecule has 7 heavy (non-hydrogen) atoms. The predicted octanol–water partition coefficient (Wildman–Crippen LogP) is 0.801. The third kappa shape index (κ3) is 10.7. The minimum absolute atomic E-state index is 0. The molecule has 0 saturated carbocycles. The SMILES string of the molecule is C#CC(F)(F)F.[Li]. The van der Waals surface area contributed by atoms with Crippen LogP contribution in [0, 0.1) is 12.3 Å². The van der Waals surface area contributed by atoms with Crippen molar-refractivity contribution in [1.29, 1.82) is 0 Å². The van der Waals surface area contributed by atoms with Crippen LogP contribution in [-0.2, 0) is 0 Å². The molecule has 0 nitrogen and oxygen atoms in total. The third-order valence-corrected chi connectivity index (χ3v) is 0.164. The van der Waals surface area contributed by atoms with Crippen molar-refractivity contribution in [1.82, 2.24) is 0 Å². The van der Waals surface area contributed by atoms with Gasteiger partial charge in [-0.15, -0.1) is 6.42 Å². The molecular weight excluding hydrogens is 100.0 g/mol. The van der Waals surface area contributed by atoms with E-state index >= 15 is 0 Å². The number of rotatable bonds is 0. The number of terminal acetylenes is 1. The molecule has 0 unspecified atom stereocenters. The minimum atomic E-state index is -4.43. The Labute approximate surface area is 51.3 Å². The molecule has 35 valence electrons. The Morgan fingerprint density at radius 1 is 1.29 bits per heavy atom. The number of hydrogen-bond donors (Lipinski definition) is 0. The predicted molar refractivity (Wildman–Crippen MR) is 20.6 cm³/mol. The van der Waals surface area contributed by atoms with E-state index in [2.05, 4.69) is 6.42 Å². The summed E-state index contributed by atoms with van der Waals surface area (Å²) in [5.41, 5.74) is 0. The topological polar surface area (TPSA) is 0 Å². The Kier molecular flexibility index (Phi) is 4.33. The summed E-state index contributed by atoms with van der Waals surface area (Å²) in [5.74, 6) is 0.604. The van der Waals surface area contributed by atoms with Crippen LogP contribution in [0.25, 0.3) is 0 Å². The van der Waals surface area contributed by atoms with E-state index in [0.717, 1.165) is 0 Å². The van der Waals surface area contributed by atoms with E-state index in [9.17, 15) is 13.2 Å². The van der Waals surface area contributed by atoms with E-state index in [-0.39, 0.29) is 18.9 Å². The molecule has 0 amide bonds. The summed E-state index contributed by atoms with van der Waals surface area (Å²) < 4.78 is 31.6. The Bertz CT molecular complexity index is 77.2. The molecule has 0 aliphatic carbocycles. The molecule has 0 aliphatic heterocycles. The molecule has 0 aromatic heterocycles. The van der Waals surface area contributed by atoms with E-state index in [0.29, 0.717) is 5.92 Å². The van der Waals surface area contributed by atoms with Crippen LogP contribution in [-0.4, -0.2) is 25.0 Å². The van der Waals surface area contributed by atoms with E-state index in [1.54, 1.807) is 0 Å². The van der Waals surface area contributed by atoms with Crippen LogP contribution < -0.4 is 0 Å². The summed E-state index contributed by atoms with van der Waals surface area (Å²) in [6, 6.07) is 0. The number of halogens is 3. The van der Waals surface area contributed by atoms with Gasteiger partial charge in [-0.1, -0.05) is 0 Å². The van der Waals surface area contributed by atoms with Crippen LogP contribution in [0.2, 0.25) is 0 Å². The van der Waals surface area contributed by atoms with Crippen molar-refractivity contribution in [3.05, 3.63) is 0 Å². The second kappa shape index (κ2) is 3.02. The molecule has 0 saturated heterocycles. The van der Waals surface area contributed by atoms with Crippen LogP contribution in [0.15, 0.2) is 0 Å². The van der Waals surface area contributed by atoms with Gasteiger partial charge < -0.3 is 0 Å². The van der Waals surface area contributed by atoms with Crippen molar-refractivity contribution < 1.29 is 13.2 Å². The molecule has 0 bridgehead atoms. The Hall–Kier alpha value is -0.0526. The normalized spacial score (nSPS) is 8.86. The van der Waals surface area contributed by atoms with Crippen molar-refractivity contribution >= 4 is 18.9 Å². The first kappa shape index (κ1) is 10.0. The molecule has 0 aromatic rings. The Balaban J connectivity index is 0. The van der Waals surface area contributed by atoms with E-state index in [1.807, 2.05) is 0 Å². The van der Waals surface area contributed by atoms with Gasteiger partial charge in [0.05, 0.1) is 0 Å². The molecular formula is C3HF3Li. The fourth-order valence-corrected chi connectivity index (χ4v) is 0. The first-order chi connectivity index (χ1) is 2.56. The van der Waals surface area contributed by atoms with Gasteiger partial charge in [0.1, 0.15) is 0 Å². The van der Waals surface area contributed by atoms with Crippen molar-refractivity contribution in [2.75, 3.05) is 0 Å². The Morgan fingerprint density at radius 2 is 1.43 bits per heavy atom. The maximum Gasteiger partial charge on any atom is 0.457 e. The zero-order valence-electron chi connectivity index (χ0n) is 3.71. The van der Waals surface area contributed by atoms with E-state index in [4.69, 9.17) is 0 Å². The van der Waals surface area contributed by atoms with Crippen LogP contribution >= 0.6 is 0 Å². The van der Waals surface area contributed by atoms with Crippen LogP contribution in [0.4, 0.5) is 13.2 Å². The molecule has 0 atom stereocenters. The minimum Gasteiger partial charge on any atom is -0.159 e. The fraction of sp³-hybridized carbons (Fsp3) is 0.333. The summed E-state index contributed by atoms with van der Waals surface area (Å²) in [4.78, 5) is 0. The van der Waals surface area contributed by atoms with Gasteiger partial charge in [0.2, 0.25) is 0 Å². The second-order valence-electron chi connectivity index (χ2n) is 0.642. The van der Waals surface area contributed by atoms with Crippen molar-refractivity contribution in [2.45, 2.75) is 6.18 Å². The average molecular weight is 101 g/mol. The number of hydrogen-bond acceptors (Lipinski definition) is 0. The largest absolute Gasteiger partial charge is 0.457 e. The first-order valence-electron chi connectivity index (χ1n) is 1.11. The summed E-state index contributed by atoms with van der Waals surface area (Å²) in [5, 5.41) is 0. The molecule has 0 fully saturated rings. The monoisotopic (exact) mass is 101 g/mol. The molecule has 1 radical (unpaired) electrons. The quantitative estimate of drug-likeness (QED) is 0.312. The van der Waals surface area contributed by atoms with E-state index < -0.39 is 6.18 Å². The van der Waals surface area contributed by atoms with Gasteiger partial charge in [0.25, 0.3) is 0 Å². The molecule has 0 aliphatic rings. The zero-order chi connectivity index (χ0) is 5.21. The summed E-state index contributed by atoms with van der Waals surface area (Å²) in [6.07, 6.45) is -0.500. The van der Waals surface area contributed by atoms with Gasteiger partial charge >= 0.3 is 6.18 Å². The summed E-state index contributed by atoms with van der Waals surface area (Å²) >= 11 is 0. The number of alkyl halides is 3. The van der Waals surface area contributed by atoms with Crippen molar-refractivity contribution in [2.24, 2.45) is 0 Å². The molecule has 0 aromatic carbocycles. The maximum atomic E-state index is 10.5. The van der Waals surface area contributed by atoms with Crippen LogP contribution in [0.3, 0.4) is 0 Å². The van der Waals surface area contributed by atoms with Crippen molar-refractivity contribution in [3.63, 3.8) is 0 Å². The molecule has 0 rings (SSSR count). The summed E-state index contributed by atoms with van der Waals surface area (Å²) in [6.45, 7) is 0. The van der Waals surface area contributed by atoms with E-state index in [1.165, 1.54) is 0 Å². The molecule has 0 spiro atoms. The summed E-state index contributed by atoms with van der Waals surface area (Å²) in [7, 11) is 0. The second-order valence-corrected chi connectivity index (χ2v) is 0.642. The third-order valence-electron chi connectivity index (χ3n) is 0.164. The maximum absolute atomic E-state index is 10.5. The van der Waals surface area contributed by atoms with Gasteiger partial charge in [0.15, 0.2) is 0 Å². The van der Waals surface area contributed by atoms with Crippen LogP contribution in [0.5, 0.6) is 0 Å². The molecule has 4 heteroatoms. The van der Waals surface area contributed by atoms with Crippen LogP contribution in [0.1, 0.15) is 0 Å². The van der Waals surface area contributed by atoms with Gasteiger partial charge in [0, 0.05) is 24.8 Å². The molecule has 0 heterocycles. The van der Waals surface area contributed by atoms with Gasteiger partial charge in [-0.3, -0.25) is 0 Å². The van der Waals surface area contributed by atoms with Crippen molar-refractivity contribution in [3.8, 4) is 12.3 Å². The zero-order valence-corrected chi connectivity index (χ0v) is 3.71. The average Bonchev–Trinajstić information content (AvgIpc) is 1.35. The van der Waals surface area contributed by atoms with Gasteiger partial charge in [-0.25, -0.2) is 0 Å².